The molecule has 1 aliphatic heterocycles. The van der Waals surface area contributed by atoms with E-state index in [2.05, 4.69) is 24.0 Å². The second-order valence-corrected chi connectivity index (χ2v) is 6.99. The van der Waals surface area contributed by atoms with E-state index in [1.807, 2.05) is 18.2 Å². The Morgan fingerprint density at radius 2 is 1.72 bits per heavy atom. The van der Waals surface area contributed by atoms with Crippen LogP contribution in [-0.4, -0.2) is 61.5 Å². The van der Waals surface area contributed by atoms with Crippen LogP contribution in [0.4, 0.5) is 0 Å². The highest BCUT2D eigenvalue weighted by molar-refractivity contribution is 5.96. The third kappa shape index (κ3) is 4.86. The third-order valence-electron chi connectivity index (χ3n) is 5.30. The lowest BCUT2D eigenvalue weighted by molar-refractivity contribution is -0.135. The zero-order chi connectivity index (χ0) is 20.8. The van der Waals surface area contributed by atoms with Crippen molar-refractivity contribution in [2.75, 3.05) is 39.9 Å². The van der Waals surface area contributed by atoms with E-state index in [9.17, 15) is 9.59 Å². The Balaban J connectivity index is 1.56. The number of ether oxygens (including phenoxy) is 2. The van der Waals surface area contributed by atoms with E-state index in [1.165, 1.54) is 12.7 Å². The van der Waals surface area contributed by atoms with Gasteiger partial charge in [0.25, 0.3) is 11.8 Å². The Kier molecular flexibility index (Phi) is 6.72. The van der Waals surface area contributed by atoms with Gasteiger partial charge in [-0.1, -0.05) is 36.4 Å². The number of hydrogen-bond acceptors (Lipinski definition) is 5. The molecule has 7 heteroatoms. The zero-order valence-corrected chi connectivity index (χ0v) is 16.8. The Morgan fingerprint density at radius 1 is 1.03 bits per heavy atom. The number of primary amides is 1. The van der Waals surface area contributed by atoms with E-state index < -0.39 is 5.91 Å². The lowest BCUT2D eigenvalue weighted by Crippen LogP contribution is -2.50. The van der Waals surface area contributed by atoms with Gasteiger partial charge in [0.1, 0.15) is 0 Å². The molecule has 0 aromatic heterocycles. The minimum absolute atomic E-state index is 0.127. The standard InChI is InChI=1S/C22H27N3O4/c1-16(17-7-4-3-5-8-17)24-11-13-25(14-12-24)20(26)15-29-21-18(22(23)27)9-6-10-19(21)28-2/h3-10,16H,11-15H2,1-2H3,(H2,23,27)/t16-/m1/s1. The summed E-state index contributed by atoms with van der Waals surface area (Å²) in [5, 5.41) is 0. The summed E-state index contributed by atoms with van der Waals surface area (Å²) in [7, 11) is 1.47. The first-order valence-corrected chi connectivity index (χ1v) is 9.67. The quantitative estimate of drug-likeness (QED) is 0.773. The van der Waals surface area contributed by atoms with Gasteiger partial charge in [0.15, 0.2) is 18.1 Å². The van der Waals surface area contributed by atoms with Gasteiger partial charge in [-0.2, -0.15) is 0 Å². The molecule has 1 heterocycles. The summed E-state index contributed by atoms with van der Waals surface area (Å²) < 4.78 is 10.9. The van der Waals surface area contributed by atoms with Crippen molar-refractivity contribution in [2.45, 2.75) is 13.0 Å². The molecule has 0 unspecified atom stereocenters. The second-order valence-electron chi connectivity index (χ2n) is 6.99. The van der Waals surface area contributed by atoms with Crippen LogP contribution in [0.2, 0.25) is 0 Å². The van der Waals surface area contributed by atoms with Gasteiger partial charge in [-0.25, -0.2) is 0 Å². The molecule has 2 amide bonds. The predicted octanol–water partition coefficient (Wildman–Crippen LogP) is 2.08. The highest BCUT2D eigenvalue weighted by Gasteiger charge is 2.25. The highest BCUT2D eigenvalue weighted by Crippen LogP contribution is 2.31. The summed E-state index contributed by atoms with van der Waals surface area (Å²) >= 11 is 0. The number of hydrogen-bond donors (Lipinski definition) is 1. The molecule has 0 saturated carbocycles. The maximum absolute atomic E-state index is 12.6. The maximum Gasteiger partial charge on any atom is 0.260 e. The molecule has 0 bridgehead atoms. The van der Waals surface area contributed by atoms with Crippen LogP contribution in [0.15, 0.2) is 48.5 Å². The largest absolute Gasteiger partial charge is 0.493 e. The lowest BCUT2D eigenvalue weighted by Gasteiger charge is -2.38. The summed E-state index contributed by atoms with van der Waals surface area (Å²) in [5.74, 6) is -0.184. The fourth-order valence-corrected chi connectivity index (χ4v) is 3.55. The van der Waals surface area contributed by atoms with Crippen LogP contribution in [0.25, 0.3) is 0 Å². The number of rotatable bonds is 7. The van der Waals surface area contributed by atoms with Crippen molar-refractivity contribution in [3.63, 3.8) is 0 Å². The van der Waals surface area contributed by atoms with Crippen molar-refractivity contribution < 1.29 is 19.1 Å². The van der Waals surface area contributed by atoms with Crippen molar-refractivity contribution in [2.24, 2.45) is 5.73 Å². The molecular formula is C22H27N3O4. The molecule has 29 heavy (non-hydrogen) atoms. The number of carbonyl (C=O) groups is 2. The van der Waals surface area contributed by atoms with E-state index in [0.29, 0.717) is 24.9 Å². The molecule has 7 nitrogen and oxygen atoms in total. The molecule has 3 rings (SSSR count). The fourth-order valence-electron chi connectivity index (χ4n) is 3.55. The minimum atomic E-state index is -0.630. The van der Waals surface area contributed by atoms with Crippen molar-refractivity contribution in [1.29, 1.82) is 0 Å². The van der Waals surface area contributed by atoms with Gasteiger partial charge in [0.05, 0.1) is 12.7 Å². The van der Waals surface area contributed by atoms with Crippen LogP contribution in [0.5, 0.6) is 11.5 Å². The Hall–Kier alpha value is -3.06. The summed E-state index contributed by atoms with van der Waals surface area (Å²) in [5.41, 5.74) is 6.87. The molecular weight excluding hydrogens is 370 g/mol. The SMILES string of the molecule is COc1cccc(C(N)=O)c1OCC(=O)N1CCN([C@H](C)c2ccccc2)CC1. The van der Waals surface area contributed by atoms with E-state index >= 15 is 0 Å². The number of piperazine rings is 1. The molecule has 1 fully saturated rings. The van der Waals surface area contributed by atoms with Gasteiger partial charge in [0, 0.05) is 32.2 Å². The molecule has 2 N–H and O–H groups in total. The molecule has 154 valence electrons. The van der Waals surface area contributed by atoms with Crippen LogP contribution < -0.4 is 15.2 Å². The average molecular weight is 397 g/mol. The highest BCUT2D eigenvalue weighted by atomic mass is 16.5. The zero-order valence-electron chi connectivity index (χ0n) is 16.8. The van der Waals surface area contributed by atoms with Crippen molar-refractivity contribution in [1.82, 2.24) is 9.80 Å². The van der Waals surface area contributed by atoms with Gasteiger partial charge in [-0.3, -0.25) is 14.5 Å². The summed E-state index contributed by atoms with van der Waals surface area (Å²) in [6.45, 7) is 4.87. The molecule has 1 atom stereocenters. The Morgan fingerprint density at radius 3 is 2.34 bits per heavy atom. The Bertz CT molecular complexity index is 848. The summed E-state index contributed by atoms with van der Waals surface area (Å²) in [4.78, 5) is 28.4. The molecule has 0 spiro atoms. The number of amides is 2. The Labute approximate surface area is 171 Å². The van der Waals surface area contributed by atoms with Gasteiger partial charge < -0.3 is 20.1 Å². The van der Waals surface area contributed by atoms with Gasteiger partial charge >= 0.3 is 0 Å². The van der Waals surface area contributed by atoms with Crippen LogP contribution in [0.3, 0.4) is 0 Å². The molecule has 1 aliphatic rings. The monoisotopic (exact) mass is 397 g/mol. The van der Waals surface area contributed by atoms with Gasteiger partial charge in [-0.05, 0) is 24.6 Å². The van der Waals surface area contributed by atoms with Gasteiger partial charge in [0.2, 0.25) is 0 Å². The molecule has 1 saturated heterocycles. The number of carbonyl (C=O) groups excluding carboxylic acids is 2. The number of benzene rings is 2. The average Bonchev–Trinajstić information content (AvgIpc) is 2.77. The van der Waals surface area contributed by atoms with Crippen LogP contribution in [0, 0.1) is 0 Å². The summed E-state index contributed by atoms with van der Waals surface area (Å²) in [6.07, 6.45) is 0. The first kappa shape index (κ1) is 20.7. The topological polar surface area (TPSA) is 85.1 Å². The lowest BCUT2D eigenvalue weighted by atomic mass is 10.1. The minimum Gasteiger partial charge on any atom is -0.493 e. The molecule has 0 aliphatic carbocycles. The second kappa shape index (κ2) is 9.43. The third-order valence-corrected chi connectivity index (χ3v) is 5.30. The normalized spacial score (nSPS) is 15.6. The number of nitrogens with two attached hydrogens (primary N) is 1. The molecule has 2 aromatic rings. The van der Waals surface area contributed by atoms with E-state index in [4.69, 9.17) is 15.2 Å². The van der Waals surface area contributed by atoms with E-state index in [0.717, 1.165) is 13.1 Å². The predicted molar refractivity (Wildman–Crippen MR) is 110 cm³/mol. The van der Waals surface area contributed by atoms with Crippen molar-refractivity contribution in [3.05, 3.63) is 59.7 Å². The number of para-hydroxylation sites is 1. The molecule has 0 radical (unpaired) electrons. The molecule has 2 aromatic carbocycles. The number of nitrogens with zero attached hydrogens (tertiary/aromatic N) is 2. The fraction of sp³-hybridized carbons (Fsp3) is 0.364. The van der Waals surface area contributed by atoms with E-state index in [-0.39, 0.29) is 23.8 Å². The van der Waals surface area contributed by atoms with Gasteiger partial charge in [-0.15, -0.1) is 0 Å². The van der Waals surface area contributed by atoms with E-state index in [1.54, 1.807) is 23.1 Å². The van der Waals surface area contributed by atoms with Crippen molar-refractivity contribution >= 4 is 11.8 Å². The van der Waals surface area contributed by atoms with Crippen molar-refractivity contribution in [3.8, 4) is 11.5 Å². The van der Waals surface area contributed by atoms with Crippen LogP contribution in [-0.2, 0) is 4.79 Å². The maximum atomic E-state index is 12.6. The smallest absolute Gasteiger partial charge is 0.260 e. The van der Waals surface area contributed by atoms with Crippen LogP contribution >= 0.6 is 0 Å². The first-order chi connectivity index (χ1) is 14.0. The number of methoxy groups -OCH3 is 1. The van der Waals surface area contributed by atoms with Crippen LogP contribution in [0.1, 0.15) is 28.9 Å². The first-order valence-electron chi connectivity index (χ1n) is 9.67. The summed E-state index contributed by atoms with van der Waals surface area (Å²) in [6, 6.07) is 15.5.